The molecular weight excluding hydrogens is 424 g/mol. The summed E-state index contributed by atoms with van der Waals surface area (Å²) in [6.45, 7) is 3.26. The van der Waals surface area contributed by atoms with E-state index in [1.54, 1.807) is 13.8 Å². The third-order valence-corrected chi connectivity index (χ3v) is 4.62. The Morgan fingerprint density at radius 1 is 0.862 bits per heavy atom. The van der Waals surface area contributed by atoms with Crippen LogP contribution >= 0.6 is 25.3 Å². The molecule has 0 bridgehead atoms. The van der Waals surface area contributed by atoms with Crippen LogP contribution in [0.1, 0.15) is 26.7 Å². The molecule has 0 rings (SSSR count). The van der Waals surface area contributed by atoms with Gasteiger partial charge in [-0.15, -0.1) is 0 Å². The van der Waals surface area contributed by atoms with Crippen LogP contribution in [0.2, 0.25) is 0 Å². The molecule has 0 aliphatic rings. The number of aliphatic carboxylic acids is 2. The van der Waals surface area contributed by atoms with E-state index in [2.05, 4.69) is 41.2 Å². The van der Waals surface area contributed by atoms with Crippen LogP contribution in [0.25, 0.3) is 0 Å². The van der Waals surface area contributed by atoms with Gasteiger partial charge in [-0.1, -0.05) is 13.8 Å². The van der Waals surface area contributed by atoms with E-state index in [0.29, 0.717) is 0 Å². The van der Waals surface area contributed by atoms with Gasteiger partial charge in [0.15, 0.2) is 0 Å². The molecule has 0 aliphatic carbocycles. The van der Waals surface area contributed by atoms with Crippen molar-refractivity contribution in [3.63, 3.8) is 0 Å². The summed E-state index contributed by atoms with van der Waals surface area (Å²) in [7, 11) is 0. The first-order valence-corrected chi connectivity index (χ1v) is 10.0. The number of hydrogen-bond acceptors (Lipinski definition) is 8. The molecule has 0 spiro atoms. The van der Waals surface area contributed by atoms with E-state index >= 15 is 0 Å². The first kappa shape index (κ1) is 27.0. The number of rotatable bonds is 13. The van der Waals surface area contributed by atoms with Crippen LogP contribution in [-0.4, -0.2) is 75.5 Å². The Hall–Kier alpha value is -1.99. The van der Waals surface area contributed by atoms with E-state index in [9.17, 15) is 24.0 Å². The van der Waals surface area contributed by atoms with Gasteiger partial charge in [0.2, 0.25) is 17.7 Å². The SMILES string of the molecule is CC(C)C(NC(=O)C(CCC(=O)O)NC(=O)C(N)CS)C(=O)NC(CS)C(=O)O. The number of nitrogens with one attached hydrogen (secondary N) is 3. The van der Waals surface area contributed by atoms with Gasteiger partial charge in [0.1, 0.15) is 18.1 Å². The first-order valence-electron chi connectivity index (χ1n) is 8.77. The Kier molecular flexibility index (Phi) is 12.4. The molecule has 7 N–H and O–H groups in total. The second-order valence-electron chi connectivity index (χ2n) is 6.59. The molecule has 4 unspecified atom stereocenters. The molecule has 11 nitrogen and oxygen atoms in total. The number of carboxylic acids is 2. The van der Waals surface area contributed by atoms with Crippen LogP contribution in [0.3, 0.4) is 0 Å². The van der Waals surface area contributed by atoms with Gasteiger partial charge in [-0.2, -0.15) is 25.3 Å². The van der Waals surface area contributed by atoms with Gasteiger partial charge in [-0.25, -0.2) is 4.79 Å². The molecule has 3 amide bonds. The maximum absolute atomic E-state index is 12.6. The molecule has 0 fully saturated rings. The van der Waals surface area contributed by atoms with Crippen molar-refractivity contribution < 1.29 is 34.2 Å². The summed E-state index contributed by atoms with van der Waals surface area (Å²) in [5.74, 6) is -5.26. The van der Waals surface area contributed by atoms with Crippen LogP contribution in [0.4, 0.5) is 0 Å². The number of thiol groups is 2. The molecule has 0 aromatic carbocycles. The fourth-order valence-electron chi connectivity index (χ4n) is 2.13. The lowest BCUT2D eigenvalue weighted by Gasteiger charge is -2.26. The summed E-state index contributed by atoms with van der Waals surface area (Å²) >= 11 is 7.75. The fraction of sp³-hybridized carbons (Fsp3) is 0.688. The predicted octanol–water partition coefficient (Wildman–Crippen LogP) is -1.77. The number of carboxylic acid groups (broad SMARTS) is 2. The number of amides is 3. The van der Waals surface area contributed by atoms with Crippen molar-refractivity contribution in [1.82, 2.24) is 16.0 Å². The van der Waals surface area contributed by atoms with Gasteiger partial charge in [0.25, 0.3) is 0 Å². The molecule has 0 radical (unpaired) electrons. The molecule has 4 atom stereocenters. The van der Waals surface area contributed by atoms with Gasteiger partial charge in [-0.3, -0.25) is 19.2 Å². The third kappa shape index (κ3) is 9.85. The van der Waals surface area contributed by atoms with Crippen molar-refractivity contribution in [1.29, 1.82) is 0 Å². The zero-order valence-electron chi connectivity index (χ0n) is 16.1. The van der Waals surface area contributed by atoms with E-state index in [1.807, 2.05) is 0 Å². The van der Waals surface area contributed by atoms with Gasteiger partial charge in [0.05, 0.1) is 6.04 Å². The predicted molar refractivity (Wildman–Crippen MR) is 111 cm³/mol. The van der Waals surface area contributed by atoms with E-state index in [-0.39, 0.29) is 17.9 Å². The molecule has 0 aliphatic heterocycles. The molecule has 0 heterocycles. The Balaban J connectivity index is 5.34. The molecule has 0 aromatic heterocycles. The van der Waals surface area contributed by atoms with Gasteiger partial charge < -0.3 is 31.9 Å². The summed E-state index contributed by atoms with van der Waals surface area (Å²) in [5.41, 5.74) is 5.55. The third-order valence-electron chi connectivity index (χ3n) is 3.86. The van der Waals surface area contributed by atoms with Crippen LogP contribution in [0.5, 0.6) is 0 Å². The highest BCUT2D eigenvalue weighted by Gasteiger charge is 2.31. The lowest BCUT2D eigenvalue weighted by atomic mass is 10.0. The van der Waals surface area contributed by atoms with Crippen molar-refractivity contribution in [2.75, 3.05) is 11.5 Å². The minimum Gasteiger partial charge on any atom is -0.481 e. The van der Waals surface area contributed by atoms with Crippen molar-refractivity contribution in [2.45, 2.75) is 50.9 Å². The normalized spacial score (nSPS) is 15.0. The average Bonchev–Trinajstić information content (AvgIpc) is 2.65. The van der Waals surface area contributed by atoms with Crippen molar-refractivity contribution in [2.24, 2.45) is 11.7 Å². The van der Waals surface area contributed by atoms with Crippen molar-refractivity contribution in [3.05, 3.63) is 0 Å². The van der Waals surface area contributed by atoms with Crippen LogP contribution < -0.4 is 21.7 Å². The Labute approximate surface area is 179 Å². The number of carbonyl (C=O) groups excluding carboxylic acids is 3. The van der Waals surface area contributed by atoms with Crippen LogP contribution in [0, 0.1) is 5.92 Å². The molecule has 0 saturated heterocycles. The zero-order valence-corrected chi connectivity index (χ0v) is 17.9. The van der Waals surface area contributed by atoms with Crippen molar-refractivity contribution >= 4 is 54.9 Å². The van der Waals surface area contributed by atoms with Crippen LogP contribution in [0.15, 0.2) is 0 Å². The molecule has 13 heteroatoms. The van der Waals surface area contributed by atoms with E-state index in [0.717, 1.165) is 0 Å². The second kappa shape index (κ2) is 13.3. The minimum absolute atomic E-state index is 0.0103. The second-order valence-corrected chi connectivity index (χ2v) is 7.33. The van der Waals surface area contributed by atoms with Crippen LogP contribution in [-0.2, 0) is 24.0 Å². The minimum atomic E-state index is -1.28. The molecule has 166 valence electrons. The van der Waals surface area contributed by atoms with E-state index in [4.69, 9.17) is 15.9 Å². The highest BCUT2D eigenvalue weighted by molar-refractivity contribution is 7.80. The number of hydrogen-bond donors (Lipinski definition) is 8. The molecular formula is C16H28N4O7S2. The lowest BCUT2D eigenvalue weighted by molar-refractivity contribution is -0.142. The van der Waals surface area contributed by atoms with Gasteiger partial charge in [-0.05, 0) is 12.3 Å². The fourth-order valence-corrected chi connectivity index (χ4v) is 2.55. The summed E-state index contributed by atoms with van der Waals surface area (Å²) < 4.78 is 0. The summed E-state index contributed by atoms with van der Waals surface area (Å²) in [6, 6.07) is -4.63. The maximum Gasteiger partial charge on any atom is 0.327 e. The first-order chi connectivity index (χ1) is 13.4. The zero-order chi connectivity index (χ0) is 22.7. The standard InChI is InChI=1S/C16H28N4O7S2/c1-7(2)12(15(25)19-10(6-29)16(26)27)20-14(24)9(3-4-11(21)22)18-13(23)8(17)5-28/h7-10,12,28-29H,3-6,17H2,1-2H3,(H,18,23)(H,19,25)(H,20,24)(H,21,22)(H,26,27). The molecule has 0 aromatic rings. The molecule has 0 saturated carbocycles. The number of nitrogens with two attached hydrogens (primary N) is 1. The highest BCUT2D eigenvalue weighted by atomic mass is 32.1. The number of carbonyl (C=O) groups is 5. The maximum atomic E-state index is 12.6. The highest BCUT2D eigenvalue weighted by Crippen LogP contribution is 2.06. The largest absolute Gasteiger partial charge is 0.481 e. The summed E-state index contributed by atoms with van der Waals surface area (Å²) in [4.78, 5) is 59.0. The van der Waals surface area contributed by atoms with Crippen molar-refractivity contribution in [3.8, 4) is 0 Å². The quantitative estimate of drug-likeness (QED) is 0.151. The van der Waals surface area contributed by atoms with E-state index < -0.39 is 66.2 Å². The monoisotopic (exact) mass is 452 g/mol. The lowest BCUT2D eigenvalue weighted by Crippen LogP contribution is -2.58. The Morgan fingerprint density at radius 2 is 1.41 bits per heavy atom. The topological polar surface area (TPSA) is 188 Å². The van der Waals surface area contributed by atoms with E-state index in [1.165, 1.54) is 0 Å². The molecule has 29 heavy (non-hydrogen) atoms. The summed E-state index contributed by atoms with van der Waals surface area (Å²) in [5, 5.41) is 25.0. The van der Waals surface area contributed by atoms with Gasteiger partial charge in [0, 0.05) is 17.9 Å². The van der Waals surface area contributed by atoms with Gasteiger partial charge >= 0.3 is 11.9 Å². The Bertz CT molecular complexity index is 618. The summed E-state index contributed by atoms with van der Waals surface area (Å²) in [6.07, 6.45) is -0.638. The average molecular weight is 453 g/mol. The Morgan fingerprint density at radius 3 is 1.83 bits per heavy atom. The smallest absolute Gasteiger partial charge is 0.327 e.